The van der Waals surface area contributed by atoms with Crippen LogP contribution < -0.4 is 9.88 Å². The maximum atomic E-state index is 12.2. The smallest absolute Gasteiger partial charge is 0.290 e. The number of amides is 1. The molecule has 0 saturated heterocycles. The summed E-state index contributed by atoms with van der Waals surface area (Å²) >= 11 is 0. The number of benzene rings is 2. The highest BCUT2D eigenvalue weighted by atomic mass is 16.1. The average Bonchev–Trinajstić information content (AvgIpc) is 2.64. The van der Waals surface area contributed by atoms with Gasteiger partial charge in [0.2, 0.25) is 6.54 Å². The Morgan fingerprint density at radius 2 is 1.56 bits per heavy atom. The Balaban J connectivity index is 1.61. The molecule has 0 spiro atoms. The quantitative estimate of drug-likeness (QED) is 0.732. The number of hydrogen-bond donors (Lipinski definition) is 1. The van der Waals surface area contributed by atoms with E-state index in [-0.39, 0.29) is 12.5 Å². The molecule has 0 fully saturated rings. The fraction of sp³-hybridized carbons (Fsp3) is 0.0952. The second-order valence-corrected chi connectivity index (χ2v) is 5.75. The first kappa shape index (κ1) is 16.4. The first-order chi connectivity index (χ1) is 12.2. The molecule has 0 atom stereocenters. The summed E-state index contributed by atoms with van der Waals surface area (Å²) in [6.07, 6.45) is 4.66. The number of nitriles is 1. The SMILES string of the molecule is N#Cc1ccccc1NC(=O)C[n+]1ccc(Cc2ccccc2)cc1. The van der Waals surface area contributed by atoms with Crippen LogP contribution in [0.4, 0.5) is 5.69 Å². The molecule has 3 rings (SSSR count). The Kier molecular flexibility index (Phi) is 5.18. The van der Waals surface area contributed by atoms with Gasteiger partial charge in [-0.05, 0) is 29.7 Å². The van der Waals surface area contributed by atoms with Gasteiger partial charge in [-0.15, -0.1) is 0 Å². The first-order valence-corrected chi connectivity index (χ1v) is 8.05. The highest BCUT2D eigenvalue weighted by Gasteiger charge is 2.11. The van der Waals surface area contributed by atoms with Crippen LogP contribution in [0.1, 0.15) is 16.7 Å². The van der Waals surface area contributed by atoms with E-state index < -0.39 is 0 Å². The van der Waals surface area contributed by atoms with Gasteiger partial charge in [0.25, 0.3) is 5.91 Å². The van der Waals surface area contributed by atoms with Gasteiger partial charge < -0.3 is 5.32 Å². The van der Waals surface area contributed by atoms with E-state index in [2.05, 4.69) is 23.5 Å². The molecule has 122 valence electrons. The number of aromatic nitrogens is 1. The summed E-state index contributed by atoms with van der Waals surface area (Å²) in [6.45, 7) is 0.200. The average molecular weight is 328 g/mol. The number of carbonyl (C=O) groups excluding carboxylic acids is 1. The molecule has 0 aliphatic heterocycles. The van der Waals surface area contributed by atoms with Crippen LogP contribution in [0.2, 0.25) is 0 Å². The zero-order valence-corrected chi connectivity index (χ0v) is 13.7. The minimum Gasteiger partial charge on any atom is -0.319 e. The lowest BCUT2D eigenvalue weighted by atomic mass is 10.1. The summed E-state index contributed by atoms with van der Waals surface area (Å²) in [5.41, 5.74) is 3.44. The standard InChI is InChI=1S/C21H17N3O/c22-15-19-8-4-5-9-20(19)23-21(25)16-24-12-10-18(11-13-24)14-17-6-2-1-3-7-17/h1-13H,14,16H2/p+1. The van der Waals surface area contributed by atoms with Crippen LogP contribution in [0.3, 0.4) is 0 Å². The fourth-order valence-corrected chi connectivity index (χ4v) is 2.59. The highest BCUT2D eigenvalue weighted by Crippen LogP contribution is 2.13. The molecule has 0 aliphatic rings. The second kappa shape index (κ2) is 7.89. The third-order valence-electron chi connectivity index (χ3n) is 3.86. The van der Waals surface area contributed by atoms with Crippen LogP contribution >= 0.6 is 0 Å². The summed E-state index contributed by atoms with van der Waals surface area (Å²) in [4.78, 5) is 12.2. The summed E-state index contributed by atoms with van der Waals surface area (Å²) in [7, 11) is 0. The molecule has 1 aromatic heterocycles. The van der Waals surface area contributed by atoms with Crippen molar-refractivity contribution >= 4 is 11.6 Å². The number of nitrogens with one attached hydrogen (secondary N) is 1. The summed E-state index contributed by atoms with van der Waals surface area (Å²) in [6, 6.07) is 23.3. The number of anilines is 1. The summed E-state index contributed by atoms with van der Waals surface area (Å²) < 4.78 is 1.82. The van der Waals surface area contributed by atoms with Crippen LogP contribution in [0.25, 0.3) is 0 Å². The van der Waals surface area contributed by atoms with Gasteiger partial charge in [-0.1, -0.05) is 42.5 Å². The van der Waals surface area contributed by atoms with E-state index in [1.165, 1.54) is 11.1 Å². The van der Waals surface area contributed by atoms with E-state index in [9.17, 15) is 4.79 Å². The predicted octanol–water partition coefficient (Wildman–Crippen LogP) is 3.08. The Labute approximate surface area is 147 Å². The molecule has 3 aromatic rings. The zero-order valence-electron chi connectivity index (χ0n) is 13.7. The van der Waals surface area contributed by atoms with Crippen molar-refractivity contribution in [3.05, 3.63) is 95.8 Å². The Morgan fingerprint density at radius 1 is 0.920 bits per heavy atom. The Bertz CT molecular complexity index is 896. The van der Waals surface area contributed by atoms with Crippen molar-refractivity contribution in [1.29, 1.82) is 5.26 Å². The van der Waals surface area contributed by atoms with Gasteiger partial charge in [0.05, 0.1) is 11.3 Å². The van der Waals surface area contributed by atoms with Crippen molar-refractivity contribution in [1.82, 2.24) is 0 Å². The molecule has 0 saturated carbocycles. The Morgan fingerprint density at radius 3 is 2.28 bits per heavy atom. The monoisotopic (exact) mass is 328 g/mol. The molecule has 4 heteroatoms. The number of para-hydroxylation sites is 1. The highest BCUT2D eigenvalue weighted by molar-refractivity contribution is 5.91. The number of rotatable bonds is 5. The van der Waals surface area contributed by atoms with E-state index in [1.54, 1.807) is 24.3 Å². The van der Waals surface area contributed by atoms with Crippen molar-refractivity contribution in [2.45, 2.75) is 13.0 Å². The second-order valence-electron chi connectivity index (χ2n) is 5.75. The third kappa shape index (κ3) is 4.52. The van der Waals surface area contributed by atoms with E-state index in [0.717, 1.165) is 6.42 Å². The minimum absolute atomic E-state index is 0.163. The molecule has 0 unspecified atom stereocenters. The topological polar surface area (TPSA) is 56.8 Å². The van der Waals surface area contributed by atoms with Gasteiger partial charge in [0.15, 0.2) is 12.4 Å². The Hall–Kier alpha value is -3.45. The predicted molar refractivity (Wildman–Crippen MR) is 95.7 cm³/mol. The number of nitrogens with zero attached hydrogens (tertiary/aromatic N) is 2. The first-order valence-electron chi connectivity index (χ1n) is 8.05. The van der Waals surface area contributed by atoms with Gasteiger partial charge in [-0.3, -0.25) is 4.79 Å². The fourth-order valence-electron chi connectivity index (χ4n) is 2.59. The van der Waals surface area contributed by atoms with Crippen LogP contribution in [0, 0.1) is 11.3 Å². The molecule has 0 aliphatic carbocycles. The number of pyridine rings is 1. The van der Waals surface area contributed by atoms with Crippen LogP contribution in [0.5, 0.6) is 0 Å². The van der Waals surface area contributed by atoms with Crippen molar-refractivity contribution in [2.24, 2.45) is 0 Å². The largest absolute Gasteiger partial charge is 0.319 e. The van der Waals surface area contributed by atoms with Gasteiger partial charge in [-0.25, -0.2) is 0 Å². The van der Waals surface area contributed by atoms with Crippen molar-refractivity contribution in [3.63, 3.8) is 0 Å². The van der Waals surface area contributed by atoms with Crippen molar-refractivity contribution < 1.29 is 9.36 Å². The van der Waals surface area contributed by atoms with Crippen molar-refractivity contribution in [2.75, 3.05) is 5.32 Å². The van der Waals surface area contributed by atoms with E-state index >= 15 is 0 Å². The van der Waals surface area contributed by atoms with Gasteiger partial charge in [0, 0.05) is 12.1 Å². The lowest BCUT2D eigenvalue weighted by Crippen LogP contribution is -2.39. The molecule has 1 amide bonds. The number of carbonyl (C=O) groups is 1. The van der Waals surface area contributed by atoms with E-state index in [0.29, 0.717) is 11.3 Å². The maximum Gasteiger partial charge on any atom is 0.290 e. The number of hydrogen-bond acceptors (Lipinski definition) is 2. The molecule has 1 heterocycles. The molecular formula is C21H18N3O+. The molecular weight excluding hydrogens is 310 g/mol. The van der Waals surface area contributed by atoms with Crippen LogP contribution in [-0.4, -0.2) is 5.91 Å². The van der Waals surface area contributed by atoms with Gasteiger partial charge in [-0.2, -0.15) is 9.83 Å². The van der Waals surface area contributed by atoms with Crippen LogP contribution in [0.15, 0.2) is 79.1 Å². The molecule has 2 aromatic carbocycles. The van der Waals surface area contributed by atoms with Crippen LogP contribution in [-0.2, 0) is 17.8 Å². The normalized spacial score (nSPS) is 10.0. The molecule has 0 bridgehead atoms. The molecule has 4 nitrogen and oxygen atoms in total. The summed E-state index contributed by atoms with van der Waals surface area (Å²) in [5.74, 6) is -0.163. The van der Waals surface area contributed by atoms with E-state index in [1.807, 2.05) is 47.3 Å². The zero-order chi connectivity index (χ0) is 17.5. The maximum absolute atomic E-state index is 12.2. The van der Waals surface area contributed by atoms with E-state index in [4.69, 9.17) is 5.26 Å². The van der Waals surface area contributed by atoms with Crippen molar-refractivity contribution in [3.8, 4) is 6.07 Å². The lowest BCUT2D eigenvalue weighted by molar-refractivity contribution is -0.684. The molecule has 25 heavy (non-hydrogen) atoms. The minimum atomic E-state index is -0.163. The lowest BCUT2D eigenvalue weighted by Gasteiger charge is -2.05. The molecule has 0 radical (unpaired) electrons. The summed E-state index contributed by atoms with van der Waals surface area (Å²) in [5, 5.41) is 11.8. The third-order valence-corrected chi connectivity index (χ3v) is 3.86. The van der Waals surface area contributed by atoms with Gasteiger partial charge in [0.1, 0.15) is 6.07 Å². The van der Waals surface area contributed by atoms with Gasteiger partial charge >= 0.3 is 0 Å². The molecule has 1 N–H and O–H groups in total.